The van der Waals surface area contributed by atoms with Gasteiger partial charge in [0.1, 0.15) is 17.2 Å². The van der Waals surface area contributed by atoms with Crippen molar-refractivity contribution in [2.24, 2.45) is 0 Å². The Hall–Kier alpha value is -4.39. The van der Waals surface area contributed by atoms with Crippen LogP contribution in [0.4, 0.5) is 0 Å². The number of hydrogen-bond acceptors (Lipinski definition) is 7. The second-order valence-corrected chi connectivity index (χ2v) is 7.33. The van der Waals surface area contributed by atoms with Gasteiger partial charge in [0.25, 0.3) is 0 Å². The molecular formula is C27H24O7. The van der Waals surface area contributed by atoms with Gasteiger partial charge in [0.15, 0.2) is 0 Å². The molecule has 0 saturated heterocycles. The molecule has 0 saturated carbocycles. The van der Waals surface area contributed by atoms with Crippen molar-refractivity contribution in [1.82, 2.24) is 0 Å². The molecule has 3 rings (SSSR count). The fourth-order valence-corrected chi connectivity index (χ4v) is 2.86. The van der Waals surface area contributed by atoms with Crippen molar-refractivity contribution in [3.8, 4) is 17.2 Å². The van der Waals surface area contributed by atoms with E-state index in [1.54, 1.807) is 37.3 Å². The van der Waals surface area contributed by atoms with Gasteiger partial charge in [-0.3, -0.25) is 0 Å². The number of ether oxygens (including phenoxy) is 4. The lowest BCUT2D eigenvalue weighted by atomic mass is 10.1. The number of carbonyl (C=O) groups excluding carboxylic acids is 3. The van der Waals surface area contributed by atoms with Crippen molar-refractivity contribution < 1.29 is 33.3 Å². The maximum Gasteiger partial charge on any atom is 0.343 e. The number of fused-ring (bicyclic) bond motifs is 1. The Morgan fingerprint density at radius 1 is 0.824 bits per heavy atom. The van der Waals surface area contributed by atoms with Crippen molar-refractivity contribution in [2.45, 2.75) is 13.3 Å². The summed E-state index contributed by atoms with van der Waals surface area (Å²) in [5.74, 6) is -0.171. The second-order valence-electron chi connectivity index (χ2n) is 7.33. The minimum absolute atomic E-state index is 0.256. The first-order chi connectivity index (χ1) is 16.4. The summed E-state index contributed by atoms with van der Waals surface area (Å²) in [6, 6.07) is 16.9. The lowest BCUT2D eigenvalue weighted by molar-refractivity contribution is -0.138. The third-order valence-electron chi connectivity index (χ3n) is 4.61. The summed E-state index contributed by atoms with van der Waals surface area (Å²) in [4.78, 5) is 35.1. The molecule has 0 heterocycles. The summed E-state index contributed by atoms with van der Waals surface area (Å²) in [5, 5.41) is 1.75. The molecule has 0 radical (unpaired) electrons. The predicted molar refractivity (Wildman–Crippen MR) is 127 cm³/mol. The average molecular weight is 460 g/mol. The van der Waals surface area contributed by atoms with E-state index in [0.717, 1.165) is 16.8 Å². The first kappa shape index (κ1) is 24.3. The van der Waals surface area contributed by atoms with Crippen molar-refractivity contribution in [3.63, 3.8) is 0 Å². The number of rotatable bonds is 10. The second kappa shape index (κ2) is 11.5. The molecule has 0 aliphatic rings. The van der Waals surface area contributed by atoms with Gasteiger partial charge in [-0.1, -0.05) is 25.3 Å². The van der Waals surface area contributed by atoms with Crippen LogP contribution in [0.2, 0.25) is 0 Å². The Labute approximate surface area is 197 Å². The zero-order valence-electron chi connectivity index (χ0n) is 18.7. The van der Waals surface area contributed by atoms with Gasteiger partial charge >= 0.3 is 17.9 Å². The van der Waals surface area contributed by atoms with Crippen LogP contribution in [0.25, 0.3) is 10.8 Å². The van der Waals surface area contributed by atoms with Crippen molar-refractivity contribution in [3.05, 3.63) is 91.0 Å². The highest BCUT2D eigenvalue weighted by Crippen LogP contribution is 2.24. The smallest absolute Gasteiger partial charge is 0.343 e. The molecule has 3 aromatic carbocycles. The fourth-order valence-electron chi connectivity index (χ4n) is 2.86. The Balaban J connectivity index is 1.57. The highest BCUT2D eigenvalue weighted by Gasteiger charge is 2.11. The summed E-state index contributed by atoms with van der Waals surface area (Å²) in [5.41, 5.74) is 0.681. The minimum Gasteiger partial charge on any atom is -0.493 e. The van der Waals surface area contributed by atoms with E-state index in [1.165, 1.54) is 12.1 Å². The third-order valence-corrected chi connectivity index (χ3v) is 4.61. The summed E-state index contributed by atoms with van der Waals surface area (Å²) in [6.45, 7) is 9.07. The summed E-state index contributed by atoms with van der Waals surface area (Å²) in [6.07, 6.45) is 1.67. The van der Waals surface area contributed by atoms with Crippen LogP contribution >= 0.6 is 0 Å². The topological polar surface area (TPSA) is 88.1 Å². The monoisotopic (exact) mass is 460 g/mol. The molecule has 0 unspecified atom stereocenters. The van der Waals surface area contributed by atoms with Crippen molar-refractivity contribution in [2.75, 3.05) is 13.2 Å². The van der Waals surface area contributed by atoms with Crippen LogP contribution in [0.3, 0.4) is 0 Å². The quantitative estimate of drug-likeness (QED) is 0.181. The van der Waals surface area contributed by atoms with E-state index in [0.29, 0.717) is 35.8 Å². The van der Waals surface area contributed by atoms with Crippen LogP contribution in [-0.2, 0) is 14.3 Å². The summed E-state index contributed by atoms with van der Waals surface area (Å²) < 4.78 is 21.1. The minimum atomic E-state index is -0.525. The molecule has 0 atom stereocenters. The maximum absolute atomic E-state index is 12.6. The van der Waals surface area contributed by atoms with E-state index in [2.05, 4.69) is 13.2 Å². The van der Waals surface area contributed by atoms with E-state index in [1.807, 2.05) is 18.2 Å². The summed E-state index contributed by atoms with van der Waals surface area (Å²) >= 11 is 0. The molecule has 0 aliphatic heterocycles. The Morgan fingerprint density at radius 2 is 1.44 bits per heavy atom. The zero-order valence-corrected chi connectivity index (χ0v) is 18.7. The molecule has 7 heteroatoms. The molecule has 0 spiro atoms. The van der Waals surface area contributed by atoms with Gasteiger partial charge in [-0.25, -0.2) is 14.4 Å². The molecule has 0 N–H and O–H groups in total. The molecule has 3 aromatic rings. The molecule has 7 nitrogen and oxygen atoms in total. The van der Waals surface area contributed by atoms with Gasteiger partial charge in [-0.15, -0.1) is 0 Å². The molecule has 0 bridgehead atoms. The Bertz CT molecular complexity index is 1230. The van der Waals surface area contributed by atoms with Gasteiger partial charge in [0.2, 0.25) is 0 Å². The first-order valence-corrected chi connectivity index (χ1v) is 10.5. The predicted octanol–water partition coefficient (Wildman–Crippen LogP) is 5.04. The van der Waals surface area contributed by atoms with Crippen molar-refractivity contribution in [1.29, 1.82) is 0 Å². The van der Waals surface area contributed by atoms with Gasteiger partial charge in [0, 0.05) is 18.1 Å². The molecule has 0 amide bonds. The molecular weight excluding hydrogens is 436 g/mol. The Kier molecular flexibility index (Phi) is 8.18. The summed E-state index contributed by atoms with van der Waals surface area (Å²) in [7, 11) is 0. The zero-order chi connectivity index (χ0) is 24.5. The number of hydrogen-bond donors (Lipinski definition) is 0. The van der Waals surface area contributed by atoms with Gasteiger partial charge in [-0.05, 0) is 66.2 Å². The van der Waals surface area contributed by atoms with Gasteiger partial charge < -0.3 is 18.9 Å². The molecule has 34 heavy (non-hydrogen) atoms. The van der Waals surface area contributed by atoms with Gasteiger partial charge in [-0.2, -0.15) is 0 Å². The lowest BCUT2D eigenvalue weighted by Gasteiger charge is -2.09. The molecule has 0 aliphatic carbocycles. The van der Waals surface area contributed by atoms with Gasteiger partial charge in [0.05, 0.1) is 18.8 Å². The van der Waals surface area contributed by atoms with E-state index < -0.39 is 17.9 Å². The number of esters is 3. The number of carbonyl (C=O) groups is 3. The standard InChI is InChI=1S/C27H24O7/c1-4-25(28)32-15-5-14-31-24-9-8-19-16-21(7-6-20(19)17-24)27(30)34-23-12-10-22(11-13-23)33-26(29)18(2)3/h4,6-13,16-17H,1-2,5,14-15H2,3H3. The largest absolute Gasteiger partial charge is 0.493 e. The van der Waals surface area contributed by atoms with Crippen LogP contribution in [0.5, 0.6) is 17.2 Å². The van der Waals surface area contributed by atoms with Crippen LogP contribution in [0.1, 0.15) is 23.7 Å². The number of benzene rings is 3. The first-order valence-electron chi connectivity index (χ1n) is 10.5. The van der Waals surface area contributed by atoms with E-state index in [-0.39, 0.29) is 12.2 Å². The molecule has 174 valence electrons. The average Bonchev–Trinajstić information content (AvgIpc) is 2.84. The van der Waals surface area contributed by atoms with Crippen LogP contribution in [0.15, 0.2) is 85.5 Å². The van der Waals surface area contributed by atoms with E-state index in [4.69, 9.17) is 18.9 Å². The molecule has 0 aromatic heterocycles. The van der Waals surface area contributed by atoms with Crippen LogP contribution in [-0.4, -0.2) is 31.1 Å². The maximum atomic E-state index is 12.6. The highest BCUT2D eigenvalue weighted by molar-refractivity contribution is 5.96. The third kappa shape index (κ3) is 6.80. The lowest BCUT2D eigenvalue weighted by Crippen LogP contribution is -2.09. The van der Waals surface area contributed by atoms with Crippen molar-refractivity contribution >= 4 is 28.7 Å². The SMILES string of the molecule is C=CC(=O)OCCCOc1ccc2cc(C(=O)Oc3ccc(OC(=O)C(=C)C)cc3)ccc2c1. The van der Waals surface area contributed by atoms with E-state index in [9.17, 15) is 14.4 Å². The highest BCUT2D eigenvalue weighted by atomic mass is 16.5. The Morgan fingerprint density at radius 3 is 2.12 bits per heavy atom. The van der Waals surface area contributed by atoms with Crippen LogP contribution < -0.4 is 14.2 Å². The fraction of sp³-hybridized carbons (Fsp3) is 0.148. The van der Waals surface area contributed by atoms with Crippen LogP contribution in [0, 0.1) is 0 Å². The molecule has 0 fully saturated rings. The normalized spacial score (nSPS) is 10.3. The van der Waals surface area contributed by atoms with E-state index >= 15 is 0 Å².